The van der Waals surface area contributed by atoms with Gasteiger partial charge in [-0.3, -0.25) is 0 Å². The molecule has 0 heterocycles. The summed E-state index contributed by atoms with van der Waals surface area (Å²) in [6, 6.07) is 12.8. The first-order valence-corrected chi connectivity index (χ1v) is 8.54. The van der Waals surface area contributed by atoms with Gasteiger partial charge >= 0.3 is 6.03 Å². The van der Waals surface area contributed by atoms with E-state index in [0.717, 1.165) is 21.5 Å². The van der Waals surface area contributed by atoms with E-state index in [2.05, 4.69) is 26.6 Å². The minimum Gasteiger partial charge on any atom is -0.494 e. The van der Waals surface area contributed by atoms with E-state index in [1.165, 1.54) is 0 Å². The molecule has 0 saturated heterocycles. The largest absolute Gasteiger partial charge is 0.494 e. The first-order valence-electron chi connectivity index (χ1n) is 7.75. The maximum Gasteiger partial charge on any atom is 0.319 e. The average molecular weight is 393 g/mol. The minimum absolute atomic E-state index is 0.261. The molecule has 0 aliphatic carbocycles. The molecular weight excluding hydrogens is 372 g/mol. The van der Waals surface area contributed by atoms with Crippen LogP contribution in [0.15, 0.2) is 46.9 Å². The van der Waals surface area contributed by atoms with Crippen LogP contribution in [0.3, 0.4) is 0 Å². The van der Waals surface area contributed by atoms with Gasteiger partial charge in [-0.2, -0.15) is 0 Å². The van der Waals surface area contributed by atoms with Crippen LogP contribution in [0.5, 0.6) is 11.5 Å². The zero-order valence-corrected chi connectivity index (χ0v) is 15.4. The summed E-state index contributed by atoms with van der Waals surface area (Å²) < 4.78 is 12.0. The van der Waals surface area contributed by atoms with Crippen LogP contribution >= 0.6 is 15.9 Å². The molecule has 6 heteroatoms. The van der Waals surface area contributed by atoms with Crippen LogP contribution in [0.1, 0.15) is 12.5 Å². The standard InChI is InChI=1S/C18H21BrN2O3/c1-3-23-15-5-4-6-16(12-15)24-10-9-20-18(22)21-14-7-8-17(19)13(2)11-14/h4-8,11-12H,3,9-10H2,1-2H3,(H2,20,21,22). The lowest BCUT2D eigenvalue weighted by Gasteiger charge is -2.11. The molecule has 0 saturated carbocycles. The summed E-state index contributed by atoms with van der Waals surface area (Å²) in [6.45, 7) is 5.30. The van der Waals surface area contributed by atoms with E-state index in [1.807, 2.05) is 56.3 Å². The van der Waals surface area contributed by atoms with Gasteiger partial charge in [0.2, 0.25) is 0 Å². The summed E-state index contributed by atoms with van der Waals surface area (Å²) in [6.07, 6.45) is 0. The number of benzene rings is 2. The molecule has 2 N–H and O–H groups in total. The zero-order chi connectivity index (χ0) is 17.4. The molecule has 0 spiro atoms. The summed E-state index contributed by atoms with van der Waals surface area (Å²) in [5, 5.41) is 5.55. The summed E-state index contributed by atoms with van der Waals surface area (Å²) in [5.74, 6) is 1.48. The lowest BCUT2D eigenvalue weighted by molar-refractivity contribution is 0.247. The Morgan fingerprint density at radius 1 is 1.12 bits per heavy atom. The zero-order valence-electron chi connectivity index (χ0n) is 13.8. The minimum atomic E-state index is -0.261. The Morgan fingerprint density at radius 3 is 2.58 bits per heavy atom. The molecule has 0 radical (unpaired) electrons. The van der Waals surface area contributed by atoms with Crippen molar-refractivity contribution in [3.8, 4) is 11.5 Å². The highest BCUT2D eigenvalue weighted by Crippen LogP contribution is 2.20. The quantitative estimate of drug-likeness (QED) is 0.688. The van der Waals surface area contributed by atoms with Crippen LogP contribution in [0, 0.1) is 6.92 Å². The normalized spacial score (nSPS) is 10.1. The third-order valence-electron chi connectivity index (χ3n) is 3.19. The van der Waals surface area contributed by atoms with Crippen molar-refractivity contribution in [2.45, 2.75) is 13.8 Å². The molecular formula is C18H21BrN2O3. The number of rotatable bonds is 7. The van der Waals surface area contributed by atoms with Crippen LogP contribution in [-0.2, 0) is 0 Å². The predicted molar refractivity (Wildman–Crippen MR) is 99.0 cm³/mol. The second-order valence-corrected chi connectivity index (χ2v) is 5.96. The number of nitrogens with one attached hydrogen (secondary N) is 2. The molecule has 5 nitrogen and oxygen atoms in total. The van der Waals surface area contributed by atoms with Crippen LogP contribution < -0.4 is 20.1 Å². The van der Waals surface area contributed by atoms with Crippen molar-refractivity contribution in [3.63, 3.8) is 0 Å². The molecule has 2 amide bonds. The van der Waals surface area contributed by atoms with E-state index in [4.69, 9.17) is 9.47 Å². The number of anilines is 1. The summed E-state index contributed by atoms with van der Waals surface area (Å²) in [7, 11) is 0. The van der Waals surface area contributed by atoms with Gasteiger partial charge in [0.15, 0.2) is 0 Å². The highest BCUT2D eigenvalue weighted by Gasteiger charge is 2.03. The maximum absolute atomic E-state index is 11.8. The number of carbonyl (C=O) groups is 1. The number of ether oxygens (including phenoxy) is 2. The lowest BCUT2D eigenvalue weighted by atomic mass is 10.2. The molecule has 0 unspecified atom stereocenters. The molecule has 0 atom stereocenters. The fraction of sp³-hybridized carbons (Fsp3) is 0.278. The first kappa shape index (κ1) is 18.1. The van der Waals surface area contributed by atoms with Crippen molar-refractivity contribution in [2.75, 3.05) is 25.1 Å². The van der Waals surface area contributed by atoms with Crippen LogP contribution in [0.25, 0.3) is 0 Å². The average Bonchev–Trinajstić information content (AvgIpc) is 2.56. The fourth-order valence-electron chi connectivity index (χ4n) is 2.05. The third kappa shape index (κ3) is 5.77. The number of carbonyl (C=O) groups excluding carboxylic acids is 1. The lowest BCUT2D eigenvalue weighted by Crippen LogP contribution is -2.32. The Hall–Kier alpha value is -2.21. The number of urea groups is 1. The van der Waals surface area contributed by atoms with Crippen molar-refractivity contribution < 1.29 is 14.3 Å². The summed E-state index contributed by atoms with van der Waals surface area (Å²) >= 11 is 3.43. The number of amides is 2. The molecule has 0 aliphatic heterocycles. The van der Waals surface area contributed by atoms with E-state index in [0.29, 0.717) is 25.5 Å². The third-order valence-corrected chi connectivity index (χ3v) is 4.08. The van der Waals surface area contributed by atoms with E-state index < -0.39 is 0 Å². The second kappa shape index (κ2) is 9.17. The smallest absolute Gasteiger partial charge is 0.319 e. The second-order valence-electron chi connectivity index (χ2n) is 5.10. The Morgan fingerprint density at radius 2 is 1.88 bits per heavy atom. The van der Waals surface area contributed by atoms with Gasteiger partial charge in [-0.1, -0.05) is 22.0 Å². The molecule has 2 aromatic rings. The monoisotopic (exact) mass is 392 g/mol. The number of aryl methyl sites for hydroxylation is 1. The SMILES string of the molecule is CCOc1cccc(OCCNC(=O)Nc2ccc(Br)c(C)c2)c1. The van der Waals surface area contributed by atoms with E-state index in [9.17, 15) is 4.79 Å². The van der Waals surface area contributed by atoms with Crippen molar-refractivity contribution >= 4 is 27.6 Å². The van der Waals surface area contributed by atoms with Gasteiger partial charge in [-0.15, -0.1) is 0 Å². The molecule has 0 aliphatic rings. The van der Waals surface area contributed by atoms with Crippen LogP contribution in [0.2, 0.25) is 0 Å². The van der Waals surface area contributed by atoms with E-state index >= 15 is 0 Å². The number of hydrogen-bond acceptors (Lipinski definition) is 3. The molecule has 2 aromatic carbocycles. The highest BCUT2D eigenvalue weighted by atomic mass is 79.9. The Labute approximate surface area is 150 Å². The van der Waals surface area contributed by atoms with Crippen molar-refractivity contribution in [2.24, 2.45) is 0 Å². The van der Waals surface area contributed by atoms with Gasteiger partial charge in [0.1, 0.15) is 18.1 Å². The van der Waals surface area contributed by atoms with E-state index in [1.54, 1.807) is 0 Å². The Kier molecular flexibility index (Phi) is 6.93. The van der Waals surface area contributed by atoms with Gasteiger partial charge in [-0.25, -0.2) is 4.79 Å². The first-order chi connectivity index (χ1) is 11.6. The van der Waals surface area contributed by atoms with Crippen LogP contribution in [0.4, 0.5) is 10.5 Å². The molecule has 128 valence electrons. The van der Waals surface area contributed by atoms with E-state index in [-0.39, 0.29) is 6.03 Å². The van der Waals surface area contributed by atoms with Crippen molar-refractivity contribution in [1.82, 2.24) is 5.32 Å². The maximum atomic E-state index is 11.8. The Bertz CT molecular complexity index is 692. The summed E-state index contributed by atoms with van der Waals surface area (Å²) in [4.78, 5) is 11.8. The Balaban J connectivity index is 1.72. The predicted octanol–water partition coefficient (Wildman–Crippen LogP) is 4.36. The topological polar surface area (TPSA) is 59.6 Å². The van der Waals surface area contributed by atoms with Gasteiger partial charge in [-0.05, 0) is 49.7 Å². The number of halogens is 1. The molecule has 24 heavy (non-hydrogen) atoms. The van der Waals surface area contributed by atoms with Gasteiger partial charge in [0, 0.05) is 16.2 Å². The molecule has 2 rings (SSSR count). The van der Waals surface area contributed by atoms with Gasteiger partial charge in [0.25, 0.3) is 0 Å². The number of hydrogen-bond donors (Lipinski definition) is 2. The molecule has 0 aromatic heterocycles. The van der Waals surface area contributed by atoms with Gasteiger partial charge in [0.05, 0.1) is 13.2 Å². The molecule has 0 bridgehead atoms. The fourth-order valence-corrected chi connectivity index (χ4v) is 2.30. The van der Waals surface area contributed by atoms with Crippen molar-refractivity contribution in [1.29, 1.82) is 0 Å². The molecule has 0 fully saturated rings. The highest BCUT2D eigenvalue weighted by molar-refractivity contribution is 9.10. The van der Waals surface area contributed by atoms with Crippen LogP contribution in [-0.4, -0.2) is 25.8 Å². The van der Waals surface area contributed by atoms with Crippen molar-refractivity contribution in [3.05, 3.63) is 52.5 Å². The van der Waals surface area contributed by atoms with Gasteiger partial charge < -0.3 is 20.1 Å². The summed E-state index contributed by atoms with van der Waals surface area (Å²) in [5.41, 5.74) is 1.81.